The van der Waals surface area contributed by atoms with Crippen LogP contribution in [0.4, 0.5) is 5.82 Å². The summed E-state index contributed by atoms with van der Waals surface area (Å²) in [5.74, 6) is 0.706. The molecule has 2 N–H and O–H groups in total. The summed E-state index contributed by atoms with van der Waals surface area (Å²) in [7, 11) is 0. The molecule has 1 fully saturated rings. The molecule has 2 heterocycles. The maximum Gasteiger partial charge on any atom is 0.269 e. The van der Waals surface area contributed by atoms with Gasteiger partial charge in [0.15, 0.2) is 0 Å². The van der Waals surface area contributed by atoms with E-state index in [1.54, 1.807) is 42.6 Å². The van der Waals surface area contributed by atoms with Gasteiger partial charge in [-0.2, -0.15) is 0 Å². The highest BCUT2D eigenvalue weighted by atomic mass is 16.2. The summed E-state index contributed by atoms with van der Waals surface area (Å²) in [6, 6.07) is 12.1. The first-order valence-corrected chi connectivity index (χ1v) is 8.50. The number of anilines is 1. The maximum absolute atomic E-state index is 12.3. The summed E-state index contributed by atoms with van der Waals surface area (Å²) in [6.07, 6.45) is 3.98. The molecule has 0 radical (unpaired) electrons. The standard InChI is InChI=1S/C19H22N4O2/c1-14-6-5-11-23(13-14)17-12-16(9-10-20-17)19(25)22-21-18(24)15-7-3-2-4-8-15/h2-4,7-10,12,14H,5-6,11,13H2,1H3,(H,21,24)(H,22,25)/t14-/m0/s1. The van der Waals surface area contributed by atoms with Crippen LogP contribution in [0, 0.1) is 5.92 Å². The molecular formula is C19H22N4O2. The molecule has 1 aliphatic heterocycles. The zero-order chi connectivity index (χ0) is 17.6. The summed E-state index contributed by atoms with van der Waals surface area (Å²) < 4.78 is 0. The van der Waals surface area contributed by atoms with Gasteiger partial charge in [0.05, 0.1) is 0 Å². The second-order valence-electron chi connectivity index (χ2n) is 6.37. The lowest BCUT2D eigenvalue weighted by molar-refractivity contribution is 0.0846. The third-order valence-corrected chi connectivity index (χ3v) is 4.31. The van der Waals surface area contributed by atoms with E-state index in [1.165, 1.54) is 6.42 Å². The second-order valence-corrected chi connectivity index (χ2v) is 6.37. The van der Waals surface area contributed by atoms with Crippen LogP contribution in [0.25, 0.3) is 0 Å². The summed E-state index contributed by atoms with van der Waals surface area (Å²) in [4.78, 5) is 30.9. The van der Waals surface area contributed by atoms with Crippen LogP contribution in [-0.2, 0) is 0 Å². The number of carbonyl (C=O) groups excluding carboxylic acids is 2. The number of piperidine rings is 1. The molecule has 1 saturated heterocycles. The SMILES string of the molecule is C[C@H]1CCCN(c2cc(C(=O)NNC(=O)c3ccccc3)ccn2)C1. The minimum atomic E-state index is -0.363. The fourth-order valence-corrected chi connectivity index (χ4v) is 2.98. The zero-order valence-electron chi connectivity index (χ0n) is 14.2. The Morgan fingerprint density at radius 3 is 2.52 bits per heavy atom. The Balaban J connectivity index is 1.62. The van der Waals surface area contributed by atoms with Crippen LogP contribution >= 0.6 is 0 Å². The minimum absolute atomic E-state index is 0.354. The predicted molar refractivity (Wildman–Crippen MR) is 96.2 cm³/mol. The van der Waals surface area contributed by atoms with Crippen molar-refractivity contribution in [2.45, 2.75) is 19.8 Å². The van der Waals surface area contributed by atoms with Crippen molar-refractivity contribution in [1.82, 2.24) is 15.8 Å². The lowest BCUT2D eigenvalue weighted by Gasteiger charge is -2.31. The molecule has 0 aliphatic carbocycles. The van der Waals surface area contributed by atoms with E-state index in [0.717, 1.165) is 25.3 Å². The molecular weight excluding hydrogens is 316 g/mol. The number of aromatic nitrogens is 1. The van der Waals surface area contributed by atoms with E-state index in [4.69, 9.17) is 0 Å². The second kappa shape index (κ2) is 7.79. The largest absolute Gasteiger partial charge is 0.356 e. The molecule has 2 aromatic rings. The molecule has 6 nitrogen and oxygen atoms in total. The molecule has 0 spiro atoms. The number of hydrogen-bond donors (Lipinski definition) is 2. The number of nitrogens with zero attached hydrogens (tertiary/aromatic N) is 2. The first-order valence-electron chi connectivity index (χ1n) is 8.50. The fourth-order valence-electron chi connectivity index (χ4n) is 2.98. The van der Waals surface area contributed by atoms with Crippen LogP contribution in [0.5, 0.6) is 0 Å². The number of pyridine rings is 1. The molecule has 6 heteroatoms. The smallest absolute Gasteiger partial charge is 0.269 e. The van der Waals surface area contributed by atoms with Crippen molar-refractivity contribution in [3.63, 3.8) is 0 Å². The Hall–Kier alpha value is -2.89. The van der Waals surface area contributed by atoms with Gasteiger partial charge in [0.2, 0.25) is 0 Å². The van der Waals surface area contributed by atoms with E-state index < -0.39 is 0 Å². The predicted octanol–water partition coefficient (Wildman–Crippen LogP) is 2.39. The Kier molecular flexibility index (Phi) is 5.28. The van der Waals surface area contributed by atoms with E-state index in [2.05, 4.69) is 27.7 Å². The van der Waals surface area contributed by atoms with Crippen LogP contribution in [0.15, 0.2) is 48.7 Å². The Morgan fingerprint density at radius 1 is 1.08 bits per heavy atom. The number of amides is 2. The molecule has 0 saturated carbocycles. The number of nitrogens with one attached hydrogen (secondary N) is 2. The molecule has 2 amide bonds. The molecule has 25 heavy (non-hydrogen) atoms. The average Bonchev–Trinajstić information content (AvgIpc) is 2.66. The van der Waals surface area contributed by atoms with E-state index in [0.29, 0.717) is 17.0 Å². The molecule has 0 bridgehead atoms. The van der Waals surface area contributed by atoms with Gasteiger partial charge in [0.1, 0.15) is 5.82 Å². The van der Waals surface area contributed by atoms with Crippen LogP contribution in [0.1, 0.15) is 40.5 Å². The van der Waals surface area contributed by atoms with Gasteiger partial charge in [-0.1, -0.05) is 25.1 Å². The van der Waals surface area contributed by atoms with Gasteiger partial charge in [-0.15, -0.1) is 0 Å². The van der Waals surface area contributed by atoms with Gasteiger partial charge in [0.25, 0.3) is 11.8 Å². The molecule has 130 valence electrons. The van der Waals surface area contributed by atoms with E-state index in [9.17, 15) is 9.59 Å². The van der Waals surface area contributed by atoms with Crippen LogP contribution in [0.2, 0.25) is 0 Å². The van der Waals surface area contributed by atoms with Crippen molar-refractivity contribution >= 4 is 17.6 Å². The van der Waals surface area contributed by atoms with Crippen LogP contribution in [-0.4, -0.2) is 29.9 Å². The fraction of sp³-hybridized carbons (Fsp3) is 0.316. The van der Waals surface area contributed by atoms with Crippen molar-refractivity contribution in [2.75, 3.05) is 18.0 Å². The topological polar surface area (TPSA) is 74.3 Å². The number of benzene rings is 1. The van der Waals surface area contributed by atoms with Crippen molar-refractivity contribution in [3.05, 3.63) is 59.8 Å². The molecule has 1 aromatic carbocycles. The molecule has 1 aromatic heterocycles. The normalized spacial score (nSPS) is 17.0. The third kappa shape index (κ3) is 4.35. The Morgan fingerprint density at radius 2 is 1.80 bits per heavy atom. The molecule has 1 atom stereocenters. The summed E-state index contributed by atoms with van der Waals surface area (Å²) >= 11 is 0. The third-order valence-electron chi connectivity index (χ3n) is 4.31. The lowest BCUT2D eigenvalue weighted by atomic mass is 10.0. The van der Waals surface area contributed by atoms with Gasteiger partial charge in [0, 0.05) is 30.4 Å². The summed E-state index contributed by atoms with van der Waals surface area (Å²) in [5.41, 5.74) is 5.84. The van der Waals surface area contributed by atoms with Crippen molar-refractivity contribution < 1.29 is 9.59 Å². The van der Waals surface area contributed by atoms with Gasteiger partial charge in [-0.05, 0) is 43.0 Å². The Labute approximate surface area is 147 Å². The Bertz CT molecular complexity index is 748. The van der Waals surface area contributed by atoms with Crippen molar-refractivity contribution in [1.29, 1.82) is 0 Å². The maximum atomic E-state index is 12.3. The van der Waals surface area contributed by atoms with Gasteiger partial charge in [-0.3, -0.25) is 20.4 Å². The van der Waals surface area contributed by atoms with E-state index in [1.807, 2.05) is 6.07 Å². The van der Waals surface area contributed by atoms with E-state index in [-0.39, 0.29) is 11.8 Å². The summed E-state index contributed by atoms with van der Waals surface area (Å²) in [6.45, 7) is 4.12. The number of carbonyl (C=O) groups is 2. The highest BCUT2D eigenvalue weighted by molar-refractivity contribution is 5.99. The van der Waals surface area contributed by atoms with Crippen molar-refractivity contribution in [3.8, 4) is 0 Å². The average molecular weight is 338 g/mol. The number of hydrogen-bond acceptors (Lipinski definition) is 4. The lowest BCUT2D eigenvalue weighted by Crippen LogP contribution is -2.41. The first-order chi connectivity index (χ1) is 12.1. The number of hydrazine groups is 1. The van der Waals surface area contributed by atoms with Gasteiger partial charge >= 0.3 is 0 Å². The molecule has 0 unspecified atom stereocenters. The molecule has 3 rings (SSSR count). The van der Waals surface area contributed by atoms with E-state index >= 15 is 0 Å². The zero-order valence-corrected chi connectivity index (χ0v) is 14.2. The van der Waals surface area contributed by atoms with Gasteiger partial charge < -0.3 is 4.90 Å². The summed E-state index contributed by atoms with van der Waals surface area (Å²) in [5, 5.41) is 0. The van der Waals surface area contributed by atoms with Crippen LogP contribution in [0.3, 0.4) is 0 Å². The van der Waals surface area contributed by atoms with Gasteiger partial charge in [-0.25, -0.2) is 4.98 Å². The van der Waals surface area contributed by atoms with Crippen molar-refractivity contribution in [2.24, 2.45) is 5.92 Å². The highest BCUT2D eigenvalue weighted by Crippen LogP contribution is 2.21. The highest BCUT2D eigenvalue weighted by Gasteiger charge is 2.18. The first kappa shape index (κ1) is 17.0. The number of rotatable bonds is 3. The monoisotopic (exact) mass is 338 g/mol. The van der Waals surface area contributed by atoms with Crippen LogP contribution < -0.4 is 15.8 Å². The quantitative estimate of drug-likeness (QED) is 0.843. The minimum Gasteiger partial charge on any atom is -0.356 e. The molecule has 1 aliphatic rings.